The molecule has 0 aliphatic carbocycles. The molecule has 0 bridgehead atoms. The van der Waals surface area contributed by atoms with E-state index in [4.69, 9.17) is 14.5 Å². The zero-order valence-corrected chi connectivity index (χ0v) is 19.6. The smallest absolute Gasteiger partial charge is 0.191 e. The van der Waals surface area contributed by atoms with Gasteiger partial charge in [-0.15, -0.1) is 21.5 Å². The molecule has 0 saturated carbocycles. The highest BCUT2D eigenvalue weighted by Gasteiger charge is 2.16. The van der Waals surface area contributed by atoms with Crippen molar-refractivity contribution >= 4 is 23.1 Å². The molecule has 0 radical (unpaired) electrons. The standard InChI is InChI=1S/C23H24N4O2S2/c1-5-27-21(16-10-11-19(28-3)20(12-16)29-4)25-26-23(27)31-14-17-13-30-22(24-17)18-9-7-6-8-15(18)2/h6-13H,5,14H2,1-4H3. The van der Waals surface area contributed by atoms with Gasteiger partial charge in [0, 0.05) is 28.8 Å². The van der Waals surface area contributed by atoms with E-state index in [0.29, 0.717) is 11.5 Å². The second kappa shape index (κ2) is 9.53. The summed E-state index contributed by atoms with van der Waals surface area (Å²) < 4.78 is 12.9. The van der Waals surface area contributed by atoms with Crippen molar-refractivity contribution in [3.63, 3.8) is 0 Å². The third kappa shape index (κ3) is 4.45. The Morgan fingerprint density at radius 3 is 2.58 bits per heavy atom. The first-order chi connectivity index (χ1) is 15.1. The van der Waals surface area contributed by atoms with Gasteiger partial charge in [-0.3, -0.25) is 0 Å². The van der Waals surface area contributed by atoms with E-state index in [-0.39, 0.29) is 0 Å². The zero-order valence-electron chi connectivity index (χ0n) is 18.0. The van der Waals surface area contributed by atoms with Crippen molar-refractivity contribution in [2.75, 3.05) is 14.2 Å². The SMILES string of the molecule is CCn1c(SCc2csc(-c3ccccc3C)n2)nnc1-c1ccc(OC)c(OC)c1. The summed E-state index contributed by atoms with van der Waals surface area (Å²) in [6, 6.07) is 14.1. The number of ether oxygens (including phenoxy) is 2. The summed E-state index contributed by atoms with van der Waals surface area (Å²) in [6.07, 6.45) is 0. The lowest BCUT2D eigenvalue weighted by atomic mass is 10.1. The molecule has 2 heterocycles. The van der Waals surface area contributed by atoms with Crippen molar-refractivity contribution in [3.8, 4) is 33.5 Å². The van der Waals surface area contributed by atoms with Crippen LogP contribution in [0, 0.1) is 6.92 Å². The van der Waals surface area contributed by atoms with Crippen molar-refractivity contribution in [1.82, 2.24) is 19.7 Å². The molecule has 0 aliphatic rings. The summed E-state index contributed by atoms with van der Waals surface area (Å²) in [5, 5.41) is 12.9. The molecule has 0 N–H and O–H groups in total. The first-order valence-electron chi connectivity index (χ1n) is 9.93. The van der Waals surface area contributed by atoms with Crippen LogP contribution in [0.5, 0.6) is 11.5 Å². The monoisotopic (exact) mass is 452 g/mol. The van der Waals surface area contributed by atoms with Crippen LogP contribution >= 0.6 is 23.1 Å². The minimum Gasteiger partial charge on any atom is -0.493 e. The van der Waals surface area contributed by atoms with E-state index in [1.54, 1.807) is 37.3 Å². The van der Waals surface area contributed by atoms with E-state index in [9.17, 15) is 0 Å². The summed E-state index contributed by atoms with van der Waals surface area (Å²) in [5.74, 6) is 2.92. The van der Waals surface area contributed by atoms with Gasteiger partial charge in [-0.1, -0.05) is 36.0 Å². The first-order valence-corrected chi connectivity index (χ1v) is 11.8. The predicted molar refractivity (Wildman–Crippen MR) is 126 cm³/mol. The topological polar surface area (TPSA) is 62.1 Å². The van der Waals surface area contributed by atoms with Gasteiger partial charge >= 0.3 is 0 Å². The lowest BCUT2D eigenvalue weighted by Gasteiger charge is -2.10. The van der Waals surface area contributed by atoms with Crippen molar-refractivity contribution < 1.29 is 9.47 Å². The van der Waals surface area contributed by atoms with Crippen LogP contribution in [0.4, 0.5) is 0 Å². The highest BCUT2D eigenvalue weighted by molar-refractivity contribution is 7.98. The van der Waals surface area contributed by atoms with Gasteiger partial charge in [0.05, 0.1) is 19.9 Å². The Hall–Kier alpha value is -2.84. The van der Waals surface area contributed by atoms with Crippen LogP contribution in [0.25, 0.3) is 22.0 Å². The van der Waals surface area contributed by atoms with Crippen molar-refractivity contribution in [2.45, 2.75) is 31.3 Å². The van der Waals surface area contributed by atoms with Crippen molar-refractivity contribution in [3.05, 3.63) is 59.1 Å². The molecule has 0 atom stereocenters. The first kappa shape index (κ1) is 21.4. The fourth-order valence-electron chi connectivity index (χ4n) is 3.32. The molecule has 0 spiro atoms. The van der Waals surface area contributed by atoms with E-state index in [2.05, 4.69) is 58.3 Å². The van der Waals surface area contributed by atoms with E-state index >= 15 is 0 Å². The Labute approximate surface area is 190 Å². The number of hydrogen-bond donors (Lipinski definition) is 0. The number of aryl methyl sites for hydroxylation is 1. The van der Waals surface area contributed by atoms with Gasteiger partial charge < -0.3 is 14.0 Å². The van der Waals surface area contributed by atoms with Gasteiger partial charge in [-0.25, -0.2) is 4.98 Å². The molecular weight excluding hydrogens is 428 g/mol. The van der Waals surface area contributed by atoms with Crippen LogP contribution in [-0.2, 0) is 12.3 Å². The number of thiazole rings is 1. The Bertz CT molecular complexity index is 1190. The van der Waals surface area contributed by atoms with Crippen LogP contribution in [0.1, 0.15) is 18.2 Å². The normalized spacial score (nSPS) is 11.0. The molecule has 0 saturated heterocycles. The zero-order chi connectivity index (χ0) is 21.8. The summed E-state index contributed by atoms with van der Waals surface area (Å²) >= 11 is 3.33. The summed E-state index contributed by atoms with van der Waals surface area (Å²) in [4.78, 5) is 4.83. The number of aromatic nitrogens is 4. The molecule has 6 nitrogen and oxygen atoms in total. The van der Waals surface area contributed by atoms with Crippen LogP contribution in [0.15, 0.2) is 53.0 Å². The molecule has 4 aromatic rings. The fourth-order valence-corrected chi connectivity index (χ4v) is 5.23. The average molecular weight is 453 g/mol. The molecular formula is C23H24N4O2S2. The van der Waals surface area contributed by atoms with E-state index < -0.39 is 0 Å². The maximum absolute atomic E-state index is 5.44. The molecule has 2 aromatic carbocycles. The maximum atomic E-state index is 5.44. The summed E-state index contributed by atoms with van der Waals surface area (Å²) in [7, 11) is 3.26. The predicted octanol–water partition coefficient (Wildman–Crippen LogP) is 5.71. The number of nitrogens with zero attached hydrogens (tertiary/aromatic N) is 4. The second-order valence-corrected chi connectivity index (χ2v) is 8.67. The number of benzene rings is 2. The van der Waals surface area contributed by atoms with Gasteiger partial charge in [-0.2, -0.15) is 0 Å². The second-order valence-electron chi connectivity index (χ2n) is 6.87. The molecule has 0 amide bonds. The third-order valence-electron chi connectivity index (χ3n) is 4.95. The summed E-state index contributed by atoms with van der Waals surface area (Å²) in [6.45, 7) is 4.98. The average Bonchev–Trinajstić information content (AvgIpc) is 3.44. The number of methoxy groups -OCH3 is 2. The summed E-state index contributed by atoms with van der Waals surface area (Å²) in [5.41, 5.74) is 4.42. The van der Waals surface area contributed by atoms with Crippen LogP contribution in [0.2, 0.25) is 0 Å². The molecule has 0 unspecified atom stereocenters. The molecule has 4 rings (SSSR count). The molecule has 31 heavy (non-hydrogen) atoms. The molecule has 8 heteroatoms. The minimum absolute atomic E-state index is 0.672. The molecule has 0 fully saturated rings. The lowest BCUT2D eigenvalue weighted by molar-refractivity contribution is 0.355. The maximum Gasteiger partial charge on any atom is 0.191 e. The van der Waals surface area contributed by atoms with Gasteiger partial charge in [0.15, 0.2) is 22.5 Å². The molecule has 160 valence electrons. The van der Waals surface area contributed by atoms with Crippen LogP contribution in [-0.4, -0.2) is 34.0 Å². The number of thioether (sulfide) groups is 1. The third-order valence-corrected chi connectivity index (χ3v) is 6.88. The van der Waals surface area contributed by atoms with Crippen LogP contribution < -0.4 is 9.47 Å². The van der Waals surface area contributed by atoms with Crippen molar-refractivity contribution in [1.29, 1.82) is 0 Å². The van der Waals surface area contributed by atoms with E-state index in [0.717, 1.165) is 39.5 Å². The lowest BCUT2D eigenvalue weighted by Crippen LogP contribution is -2.00. The number of rotatable bonds is 8. The van der Waals surface area contributed by atoms with Gasteiger partial charge in [-0.05, 0) is 37.6 Å². The van der Waals surface area contributed by atoms with Gasteiger partial charge in [0.25, 0.3) is 0 Å². The van der Waals surface area contributed by atoms with Crippen molar-refractivity contribution in [2.24, 2.45) is 0 Å². The van der Waals surface area contributed by atoms with E-state index in [1.165, 1.54) is 11.1 Å². The Morgan fingerprint density at radius 2 is 1.84 bits per heavy atom. The highest BCUT2D eigenvalue weighted by atomic mass is 32.2. The Morgan fingerprint density at radius 1 is 1.03 bits per heavy atom. The minimum atomic E-state index is 0.672. The molecule has 0 aliphatic heterocycles. The number of hydrogen-bond acceptors (Lipinski definition) is 7. The van der Waals surface area contributed by atoms with Crippen LogP contribution in [0.3, 0.4) is 0 Å². The Balaban J connectivity index is 1.53. The largest absolute Gasteiger partial charge is 0.493 e. The highest BCUT2D eigenvalue weighted by Crippen LogP contribution is 2.34. The Kier molecular flexibility index (Phi) is 6.58. The molecule has 2 aromatic heterocycles. The quantitative estimate of drug-likeness (QED) is 0.319. The van der Waals surface area contributed by atoms with E-state index in [1.807, 2.05) is 18.2 Å². The van der Waals surface area contributed by atoms with Gasteiger partial charge in [0.2, 0.25) is 0 Å². The van der Waals surface area contributed by atoms with Gasteiger partial charge in [0.1, 0.15) is 5.01 Å². The fraction of sp³-hybridized carbons (Fsp3) is 0.261.